The van der Waals surface area contributed by atoms with E-state index < -0.39 is 11.9 Å². The third kappa shape index (κ3) is 9.16. The van der Waals surface area contributed by atoms with Crippen molar-refractivity contribution < 1.29 is 19.1 Å². The smallest absolute Gasteiger partial charge is 0.338 e. The van der Waals surface area contributed by atoms with E-state index in [1.54, 1.807) is 31.2 Å². The summed E-state index contributed by atoms with van der Waals surface area (Å²) in [6, 6.07) is 33.6. The van der Waals surface area contributed by atoms with Crippen LogP contribution in [0.15, 0.2) is 128 Å². The zero-order chi connectivity index (χ0) is 32.2. The molecule has 5 heteroatoms. The first-order valence-corrected chi connectivity index (χ1v) is 15.4. The molecule has 4 rings (SSSR count). The molecule has 0 amide bonds. The quantitative estimate of drug-likeness (QED) is 0.0474. The molecular weight excluding hydrogens is 558 g/mol. The lowest BCUT2D eigenvalue weighted by Gasteiger charge is -2.26. The third-order valence-corrected chi connectivity index (χ3v) is 7.49. The van der Waals surface area contributed by atoms with Crippen LogP contribution < -0.4 is 14.4 Å². The number of hydrogen-bond donors (Lipinski definition) is 0. The molecule has 1 atom stereocenters. The molecule has 0 fully saturated rings. The van der Waals surface area contributed by atoms with Gasteiger partial charge in [0.15, 0.2) is 0 Å². The summed E-state index contributed by atoms with van der Waals surface area (Å²) in [5.74, 6) is 0.300. The van der Waals surface area contributed by atoms with Crippen molar-refractivity contribution in [3.63, 3.8) is 0 Å². The number of allylic oxidation sites excluding steroid dienone is 1. The highest BCUT2D eigenvalue weighted by Gasteiger charge is 2.15. The molecule has 4 aromatic carbocycles. The first kappa shape index (κ1) is 32.7. The molecular formula is C40H41NO4. The average molecular weight is 600 g/mol. The van der Waals surface area contributed by atoms with Gasteiger partial charge in [-0.3, -0.25) is 0 Å². The van der Waals surface area contributed by atoms with Gasteiger partial charge in [0.2, 0.25) is 0 Å². The Labute approximate surface area is 267 Å². The number of ether oxygens (including phenoxy) is 2. The maximum absolute atomic E-state index is 12.0. The van der Waals surface area contributed by atoms with Gasteiger partial charge in [0.25, 0.3) is 0 Å². The second-order valence-corrected chi connectivity index (χ2v) is 11.1. The number of carbonyl (C=O) groups excluding carboxylic acids is 2. The van der Waals surface area contributed by atoms with Crippen LogP contribution in [0.5, 0.6) is 11.5 Å². The number of nitrogens with zero attached hydrogens (tertiary/aromatic N) is 1. The minimum atomic E-state index is -0.516. The van der Waals surface area contributed by atoms with Crippen LogP contribution in [0.25, 0.3) is 11.6 Å². The largest absolute Gasteiger partial charge is 0.423 e. The van der Waals surface area contributed by atoms with E-state index in [0.29, 0.717) is 23.0 Å². The second kappa shape index (κ2) is 16.1. The maximum atomic E-state index is 12.0. The predicted molar refractivity (Wildman–Crippen MR) is 185 cm³/mol. The van der Waals surface area contributed by atoms with E-state index in [9.17, 15) is 9.59 Å². The minimum Gasteiger partial charge on any atom is -0.423 e. The molecule has 5 nitrogen and oxygen atoms in total. The Balaban J connectivity index is 1.69. The molecule has 0 aliphatic rings. The van der Waals surface area contributed by atoms with Gasteiger partial charge in [-0.25, -0.2) is 9.59 Å². The van der Waals surface area contributed by atoms with Gasteiger partial charge in [0, 0.05) is 28.7 Å². The summed E-state index contributed by atoms with van der Waals surface area (Å²) in [6.45, 7) is 13.3. The SMILES string of the molecule is C=CC(=O)Oc1ccc(N(c2ccc(/C=C(\c3ccccc3)C(C)CCCCC)cc2)c2ccc(OC(=O)C(=C)C)cc2)cc1. The van der Waals surface area contributed by atoms with E-state index in [1.165, 1.54) is 30.4 Å². The van der Waals surface area contributed by atoms with Crippen LogP contribution in [-0.4, -0.2) is 11.9 Å². The third-order valence-electron chi connectivity index (χ3n) is 7.49. The molecule has 230 valence electrons. The molecule has 0 N–H and O–H groups in total. The Kier molecular flexibility index (Phi) is 11.7. The zero-order valence-corrected chi connectivity index (χ0v) is 26.4. The van der Waals surface area contributed by atoms with Gasteiger partial charge < -0.3 is 14.4 Å². The summed E-state index contributed by atoms with van der Waals surface area (Å²) in [7, 11) is 0. The van der Waals surface area contributed by atoms with E-state index in [4.69, 9.17) is 9.47 Å². The highest BCUT2D eigenvalue weighted by atomic mass is 16.5. The fraction of sp³-hybridized carbons (Fsp3) is 0.200. The van der Waals surface area contributed by atoms with Gasteiger partial charge in [0.05, 0.1) is 0 Å². The fourth-order valence-corrected chi connectivity index (χ4v) is 5.02. The van der Waals surface area contributed by atoms with E-state index >= 15 is 0 Å². The summed E-state index contributed by atoms with van der Waals surface area (Å²) in [5.41, 5.74) is 6.69. The Morgan fingerprint density at radius 2 is 1.31 bits per heavy atom. The Hall–Kier alpha value is -5.16. The van der Waals surface area contributed by atoms with Gasteiger partial charge in [-0.05, 0) is 96.6 Å². The monoisotopic (exact) mass is 599 g/mol. The highest BCUT2D eigenvalue weighted by Crippen LogP contribution is 2.37. The number of unbranched alkanes of at least 4 members (excludes halogenated alkanes) is 2. The Bertz CT molecular complexity index is 1620. The Morgan fingerprint density at radius 3 is 1.82 bits per heavy atom. The molecule has 1 unspecified atom stereocenters. The van der Waals surface area contributed by atoms with Crippen LogP contribution >= 0.6 is 0 Å². The van der Waals surface area contributed by atoms with Crippen LogP contribution in [0.2, 0.25) is 0 Å². The first-order chi connectivity index (χ1) is 21.8. The summed E-state index contributed by atoms with van der Waals surface area (Å²) in [5, 5.41) is 0. The molecule has 0 aromatic heterocycles. The van der Waals surface area contributed by atoms with Gasteiger partial charge in [-0.2, -0.15) is 0 Å². The lowest BCUT2D eigenvalue weighted by atomic mass is 9.88. The summed E-state index contributed by atoms with van der Waals surface area (Å²) in [4.78, 5) is 25.8. The van der Waals surface area contributed by atoms with Crippen molar-refractivity contribution in [2.45, 2.75) is 46.5 Å². The molecule has 4 aromatic rings. The van der Waals surface area contributed by atoms with Crippen molar-refractivity contribution in [1.29, 1.82) is 0 Å². The lowest BCUT2D eigenvalue weighted by Crippen LogP contribution is -2.11. The normalized spacial score (nSPS) is 11.8. The molecule has 0 aliphatic heterocycles. The Morgan fingerprint density at radius 1 is 0.778 bits per heavy atom. The van der Waals surface area contributed by atoms with Gasteiger partial charge in [-0.1, -0.05) is 94.8 Å². The van der Waals surface area contributed by atoms with E-state index in [1.807, 2.05) is 24.3 Å². The summed E-state index contributed by atoms with van der Waals surface area (Å²) in [6.07, 6.45) is 8.25. The van der Waals surface area contributed by atoms with Crippen LogP contribution in [0.4, 0.5) is 17.1 Å². The van der Waals surface area contributed by atoms with Crippen LogP contribution in [-0.2, 0) is 9.59 Å². The van der Waals surface area contributed by atoms with Gasteiger partial charge in [0.1, 0.15) is 11.5 Å². The van der Waals surface area contributed by atoms with Gasteiger partial charge >= 0.3 is 11.9 Å². The molecule has 0 spiro atoms. The molecule has 0 aliphatic carbocycles. The lowest BCUT2D eigenvalue weighted by molar-refractivity contribution is -0.130. The summed E-state index contributed by atoms with van der Waals surface area (Å²) >= 11 is 0. The van der Waals surface area contributed by atoms with Crippen molar-refractivity contribution in [2.75, 3.05) is 4.90 Å². The number of carbonyl (C=O) groups is 2. The highest BCUT2D eigenvalue weighted by molar-refractivity contribution is 5.89. The number of hydrogen-bond acceptors (Lipinski definition) is 5. The van der Waals surface area contributed by atoms with Crippen LogP contribution in [0.3, 0.4) is 0 Å². The van der Waals surface area contributed by atoms with E-state index in [-0.39, 0.29) is 0 Å². The molecule has 0 saturated carbocycles. The fourth-order valence-electron chi connectivity index (χ4n) is 5.02. The van der Waals surface area contributed by atoms with Crippen molar-refractivity contribution in [1.82, 2.24) is 0 Å². The van der Waals surface area contributed by atoms with E-state index in [0.717, 1.165) is 35.1 Å². The average Bonchev–Trinajstić information content (AvgIpc) is 3.06. The van der Waals surface area contributed by atoms with Crippen LogP contribution in [0, 0.1) is 5.92 Å². The van der Waals surface area contributed by atoms with Crippen molar-refractivity contribution in [3.05, 3.63) is 139 Å². The minimum absolute atomic E-state index is 0.331. The molecule has 45 heavy (non-hydrogen) atoms. The standard InChI is InChI=1S/C40H41NO4/c1-6-8-10-13-30(5)38(32-14-11-9-12-15-32)28-31-16-18-33(19-17-31)41(34-20-24-36(25-21-34)44-39(42)7-2)35-22-26-37(27-23-35)45-40(43)29(3)4/h7,9,11-12,14-28,30H,2-3,6,8,10,13H2,1,4-5H3/b38-28-. The number of anilines is 3. The van der Waals surface area contributed by atoms with Crippen molar-refractivity contribution in [3.8, 4) is 11.5 Å². The molecule has 0 heterocycles. The molecule has 0 radical (unpaired) electrons. The van der Waals surface area contributed by atoms with Crippen molar-refractivity contribution in [2.24, 2.45) is 5.92 Å². The van der Waals surface area contributed by atoms with Crippen molar-refractivity contribution >= 4 is 40.6 Å². The second-order valence-electron chi connectivity index (χ2n) is 11.1. The summed E-state index contributed by atoms with van der Waals surface area (Å²) < 4.78 is 10.7. The first-order valence-electron chi connectivity index (χ1n) is 15.4. The maximum Gasteiger partial charge on any atom is 0.338 e. The molecule has 0 saturated heterocycles. The number of benzene rings is 4. The number of rotatable bonds is 14. The topological polar surface area (TPSA) is 55.8 Å². The number of esters is 2. The molecule has 0 bridgehead atoms. The zero-order valence-electron chi connectivity index (χ0n) is 26.4. The van der Waals surface area contributed by atoms with E-state index in [2.05, 4.69) is 92.6 Å². The van der Waals surface area contributed by atoms with Crippen LogP contribution in [0.1, 0.15) is 57.6 Å². The van der Waals surface area contributed by atoms with Gasteiger partial charge in [-0.15, -0.1) is 0 Å². The predicted octanol–water partition coefficient (Wildman–Crippen LogP) is 10.5.